The molecular formula is C28H29N3O5S. The second-order valence-corrected chi connectivity index (χ2v) is 8.71. The van der Waals surface area contributed by atoms with Gasteiger partial charge in [-0.25, -0.2) is 0 Å². The van der Waals surface area contributed by atoms with Gasteiger partial charge in [0.2, 0.25) is 0 Å². The second kappa shape index (κ2) is 13.4. The number of hydrogen-bond acceptors (Lipinski definition) is 6. The van der Waals surface area contributed by atoms with Gasteiger partial charge in [0.1, 0.15) is 24.7 Å². The molecule has 192 valence electrons. The van der Waals surface area contributed by atoms with Crippen molar-refractivity contribution in [1.82, 2.24) is 10.6 Å². The van der Waals surface area contributed by atoms with Crippen molar-refractivity contribution in [3.05, 3.63) is 90.0 Å². The topological polar surface area (TPSA) is 97.9 Å². The Morgan fingerprint density at radius 3 is 2.35 bits per heavy atom. The number of carbonyl (C=O) groups excluding carboxylic acids is 2. The zero-order valence-corrected chi connectivity index (χ0v) is 21.1. The molecule has 0 aromatic heterocycles. The van der Waals surface area contributed by atoms with Gasteiger partial charge < -0.3 is 24.8 Å². The number of rotatable bonds is 10. The van der Waals surface area contributed by atoms with Crippen LogP contribution in [0.1, 0.15) is 33.6 Å². The molecule has 1 heterocycles. The average Bonchev–Trinajstić information content (AvgIpc) is 3.45. The molecule has 0 saturated carbocycles. The number of carbonyl (C=O) groups is 2. The van der Waals surface area contributed by atoms with Crippen LogP contribution in [0.15, 0.2) is 78.9 Å². The zero-order chi connectivity index (χ0) is 25.9. The number of nitrogens with one attached hydrogen (secondary N) is 3. The molecule has 3 aromatic carbocycles. The number of thiocarbonyl (C=S) groups is 1. The first kappa shape index (κ1) is 26.1. The Morgan fingerprint density at radius 2 is 1.57 bits per heavy atom. The van der Waals surface area contributed by atoms with E-state index in [1.807, 2.05) is 30.3 Å². The Hall–Kier alpha value is -3.95. The van der Waals surface area contributed by atoms with Crippen LogP contribution in [0, 0.1) is 0 Å². The lowest BCUT2D eigenvalue weighted by atomic mass is 10.1. The quantitative estimate of drug-likeness (QED) is 0.273. The summed E-state index contributed by atoms with van der Waals surface area (Å²) in [5.74, 6) is 0.476. The fourth-order valence-corrected chi connectivity index (χ4v) is 4.03. The van der Waals surface area contributed by atoms with Gasteiger partial charge in [0.15, 0.2) is 5.11 Å². The molecule has 0 bridgehead atoms. The molecule has 0 radical (unpaired) electrons. The van der Waals surface area contributed by atoms with Crippen LogP contribution in [0.2, 0.25) is 0 Å². The van der Waals surface area contributed by atoms with E-state index in [0.29, 0.717) is 35.7 Å². The van der Waals surface area contributed by atoms with Crippen molar-refractivity contribution in [2.24, 2.45) is 0 Å². The molecule has 4 rings (SSSR count). The highest BCUT2D eigenvalue weighted by Gasteiger charge is 2.19. The second-order valence-electron chi connectivity index (χ2n) is 8.31. The van der Waals surface area contributed by atoms with Crippen LogP contribution in [-0.4, -0.2) is 49.4 Å². The van der Waals surface area contributed by atoms with Crippen molar-refractivity contribution < 1.29 is 23.8 Å². The van der Waals surface area contributed by atoms with E-state index in [1.54, 1.807) is 48.5 Å². The molecule has 2 amide bonds. The van der Waals surface area contributed by atoms with E-state index in [1.165, 1.54) is 0 Å². The molecule has 1 fully saturated rings. The molecule has 1 aliphatic rings. The molecule has 1 aliphatic heterocycles. The van der Waals surface area contributed by atoms with Gasteiger partial charge in [0.25, 0.3) is 11.8 Å². The summed E-state index contributed by atoms with van der Waals surface area (Å²) in [6.45, 7) is 1.76. The van der Waals surface area contributed by atoms with Gasteiger partial charge in [-0.2, -0.15) is 0 Å². The highest BCUT2D eigenvalue weighted by molar-refractivity contribution is 7.80. The van der Waals surface area contributed by atoms with Crippen molar-refractivity contribution in [3.8, 4) is 11.5 Å². The molecule has 1 atom stereocenters. The smallest absolute Gasteiger partial charge is 0.261 e. The largest absolute Gasteiger partial charge is 0.490 e. The lowest BCUT2D eigenvalue weighted by Gasteiger charge is -2.16. The average molecular weight is 520 g/mol. The SMILES string of the molecule is O=C(NCC1CCCO1)c1ccccc1NC(=S)NC(=O)c1ccccc1OCCOc1ccccc1. The fraction of sp³-hybridized carbons (Fsp3) is 0.250. The molecule has 0 spiro atoms. The van der Waals surface area contributed by atoms with Crippen LogP contribution in [0.4, 0.5) is 5.69 Å². The molecule has 3 aromatic rings. The van der Waals surface area contributed by atoms with Crippen LogP contribution in [-0.2, 0) is 4.74 Å². The van der Waals surface area contributed by atoms with E-state index in [9.17, 15) is 9.59 Å². The van der Waals surface area contributed by atoms with Gasteiger partial charge in [-0.1, -0.05) is 42.5 Å². The Balaban J connectivity index is 1.31. The third-order valence-electron chi connectivity index (χ3n) is 5.65. The van der Waals surface area contributed by atoms with Gasteiger partial charge in [-0.05, 0) is 61.5 Å². The van der Waals surface area contributed by atoms with Crippen molar-refractivity contribution in [3.63, 3.8) is 0 Å². The molecule has 3 N–H and O–H groups in total. The van der Waals surface area contributed by atoms with E-state index in [4.69, 9.17) is 26.4 Å². The maximum Gasteiger partial charge on any atom is 0.261 e. The maximum absolute atomic E-state index is 12.9. The van der Waals surface area contributed by atoms with Gasteiger partial charge >= 0.3 is 0 Å². The number of benzene rings is 3. The molecule has 37 heavy (non-hydrogen) atoms. The van der Waals surface area contributed by atoms with Crippen LogP contribution < -0.4 is 25.4 Å². The summed E-state index contributed by atoms with van der Waals surface area (Å²) in [6, 6.07) is 23.3. The molecule has 1 unspecified atom stereocenters. The Bertz CT molecular complexity index is 1220. The first-order valence-electron chi connectivity index (χ1n) is 12.1. The van der Waals surface area contributed by atoms with Crippen LogP contribution in [0.5, 0.6) is 11.5 Å². The number of para-hydroxylation sites is 3. The third-order valence-corrected chi connectivity index (χ3v) is 5.85. The lowest BCUT2D eigenvalue weighted by molar-refractivity contribution is 0.0858. The predicted molar refractivity (Wildman–Crippen MR) is 145 cm³/mol. The number of ether oxygens (including phenoxy) is 3. The van der Waals surface area contributed by atoms with Crippen LogP contribution in [0.25, 0.3) is 0 Å². The van der Waals surface area contributed by atoms with E-state index in [2.05, 4.69) is 16.0 Å². The van der Waals surface area contributed by atoms with E-state index >= 15 is 0 Å². The first-order chi connectivity index (χ1) is 18.1. The maximum atomic E-state index is 12.9. The lowest BCUT2D eigenvalue weighted by Crippen LogP contribution is -2.36. The summed E-state index contributed by atoms with van der Waals surface area (Å²) < 4.78 is 17.0. The normalized spacial score (nSPS) is 14.4. The highest BCUT2D eigenvalue weighted by atomic mass is 32.1. The minimum Gasteiger partial charge on any atom is -0.490 e. The minimum absolute atomic E-state index is 0.0385. The number of anilines is 1. The van der Waals surface area contributed by atoms with Crippen molar-refractivity contribution >= 4 is 34.8 Å². The van der Waals surface area contributed by atoms with E-state index in [0.717, 1.165) is 25.2 Å². The molecular weight excluding hydrogens is 490 g/mol. The summed E-state index contributed by atoms with van der Waals surface area (Å²) in [6.07, 6.45) is 1.97. The minimum atomic E-state index is -0.433. The standard InChI is InChI=1S/C28H29N3O5S/c32-26(29-19-21-11-8-16-34-21)22-12-4-6-14-24(22)30-28(37)31-27(33)23-13-5-7-15-25(23)36-18-17-35-20-9-2-1-3-10-20/h1-7,9-10,12-15,21H,8,11,16-19H2,(H,29,32)(H2,30,31,33,37). The monoisotopic (exact) mass is 519 g/mol. The Kier molecular flexibility index (Phi) is 9.45. The summed E-state index contributed by atoms with van der Waals surface area (Å²) in [7, 11) is 0. The fourth-order valence-electron chi connectivity index (χ4n) is 3.83. The Labute approximate surface area is 221 Å². The third kappa shape index (κ3) is 7.77. The molecule has 8 nitrogen and oxygen atoms in total. The van der Waals surface area contributed by atoms with Crippen molar-refractivity contribution in [2.45, 2.75) is 18.9 Å². The highest BCUT2D eigenvalue weighted by Crippen LogP contribution is 2.19. The summed E-state index contributed by atoms with van der Waals surface area (Å²) >= 11 is 5.36. The summed E-state index contributed by atoms with van der Waals surface area (Å²) in [5.41, 5.74) is 1.23. The first-order valence-corrected chi connectivity index (χ1v) is 12.5. The van der Waals surface area contributed by atoms with Crippen LogP contribution in [0.3, 0.4) is 0 Å². The number of hydrogen-bond donors (Lipinski definition) is 3. The molecule has 1 saturated heterocycles. The van der Waals surface area contributed by atoms with Crippen molar-refractivity contribution in [1.29, 1.82) is 0 Å². The Morgan fingerprint density at radius 1 is 0.865 bits per heavy atom. The van der Waals surface area contributed by atoms with E-state index in [-0.39, 0.29) is 23.7 Å². The van der Waals surface area contributed by atoms with Crippen LogP contribution >= 0.6 is 12.2 Å². The van der Waals surface area contributed by atoms with Crippen molar-refractivity contribution in [2.75, 3.05) is 31.7 Å². The van der Waals surface area contributed by atoms with Gasteiger partial charge in [0.05, 0.1) is 22.9 Å². The zero-order valence-electron chi connectivity index (χ0n) is 20.3. The summed E-state index contributed by atoms with van der Waals surface area (Å²) in [5, 5.41) is 8.58. The summed E-state index contributed by atoms with van der Waals surface area (Å²) in [4.78, 5) is 25.7. The molecule has 0 aliphatic carbocycles. The number of amides is 2. The predicted octanol–water partition coefficient (Wildman–Crippen LogP) is 4.18. The van der Waals surface area contributed by atoms with Gasteiger partial charge in [-0.3, -0.25) is 14.9 Å². The molecule has 9 heteroatoms. The van der Waals surface area contributed by atoms with E-state index < -0.39 is 5.91 Å². The van der Waals surface area contributed by atoms with Gasteiger partial charge in [-0.15, -0.1) is 0 Å². The van der Waals surface area contributed by atoms with Gasteiger partial charge in [0, 0.05) is 13.2 Å².